The number of ketones is 1. The van der Waals surface area contributed by atoms with Crippen LogP contribution in [0.25, 0.3) is 29.2 Å². The van der Waals surface area contributed by atoms with Crippen molar-refractivity contribution in [1.82, 2.24) is 19.9 Å². The van der Waals surface area contributed by atoms with Crippen LogP contribution < -0.4 is 5.73 Å². The summed E-state index contributed by atoms with van der Waals surface area (Å²) in [5.41, 5.74) is 6.81. The topological polar surface area (TPSA) is 258 Å². The van der Waals surface area contributed by atoms with Crippen LogP contribution in [0.5, 0.6) is 0 Å². The van der Waals surface area contributed by atoms with Crippen LogP contribution >= 0.6 is 0 Å². The minimum atomic E-state index is -1.67. The molecule has 4 rings (SSSR count). The zero-order valence-electron chi connectivity index (χ0n) is 41.0. The van der Waals surface area contributed by atoms with Crippen LogP contribution in [0.4, 0.5) is 0 Å². The minimum Gasteiger partial charge on any atom is -0.462 e. The van der Waals surface area contributed by atoms with Gasteiger partial charge in [-0.15, -0.1) is 0 Å². The Labute approximate surface area is 394 Å². The van der Waals surface area contributed by atoms with E-state index in [1.165, 1.54) is 25.9 Å². The quantitative estimate of drug-likeness (QED) is 0.0824. The van der Waals surface area contributed by atoms with Gasteiger partial charge in [-0.25, -0.2) is 15.0 Å². The number of hydrogen-bond donors (Lipinski definition) is 4. The summed E-state index contributed by atoms with van der Waals surface area (Å²) in [6.45, 7) is 11.4. The molecule has 19 heteroatoms. The predicted molar refractivity (Wildman–Crippen MR) is 246 cm³/mol. The molecule has 0 saturated carbocycles. The molecule has 4 heterocycles. The van der Waals surface area contributed by atoms with Crippen LogP contribution in [0.2, 0.25) is 0 Å². The zero-order valence-corrected chi connectivity index (χ0v) is 41.0. The van der Waals surface area contributed by atoms with Crippen LogP contribution in [0, 0.1) is 35.5 Å². The molecule has 19 nitrogen and oxygen atoms in total. The molecule has 67 heavy (non-hydrogen) atoms. The van der Waals surface area contributed by atoms with E-state index in [1.54, 1.807) is 45.6 Å². The Morgan fingerprint density at radius 2 is 1.64 bits per heavy atom. The summed E-state index contributed by atoms with van der Waals surface area (Å²) in [5.74, 6) is -1.54. The van der Waals surface area contributed by atoms with E-state index in [4.69, 9.17) is 47.4 Å². The second-order valence-electron chi connectivity index (χ2n) is 18.1. The van der Waals surface area contributed by atoms with Crippen molar-refractivity contribution in [3.63, 3.8) is 0 Å². The first-order valence-electron chi connectivity index (χ1n) is 23.1. The minimum absolute atomic E-state index is 0.0466. The Hall–Kier alpha value is -4.31. The largest absolute Gasteiger partial charge is 0.462 e. The van der Waals surface area contributed by atoms with Crippen molar-refractivity contribution in [2.75, 3.05) is 42.2 Å². The Balaban J connectivity index is 1.60. The average Bonchev–Trinajstić information content (AvgIpc) is 4.09. The molecule has 0 amide bonds. The number of cyclic esters (lactones) is 1. The highest BCUT2D eigenvalue weighted by Crippen LogP contribution is 2.34. The molecule has 14 atom stereocenters. The number of carbonyl (C=O) groups is 2. The van der Waals surface area contributed by atoms with E-state index in [9.17, 15) is 24.9 Å². The highest BCUT2D eigenvalue weighted by molar-refractivity contribution is 5.81. The summed E-state index contributed by atoms with van der Waals surface area (Å²) < 4.78 is 52.8. The van der Waals surface area contributed by atoms with Crippen molar-refractivity contribution in [3.8, 4) is 23.2 Å². The van der Waals surface area contributed by atoms with E-state index in [-0.39, 0.29) is 92.1 Å². The van der Waals surface area contributed by atoms with Crippen molar-refractivity contribution in [2.24, 2.45) is 41.2 Å². The van der Waals surface area contributed by atoms with Gasteiger partial charge >= 0.3 is 5.97 Å². The first-order valence-corrected chi connectivity index (χ1v) is 23.1. The summed E-state index contributed by atoms with van der Waals surface area (Å²) in [6, 6.07) is 0. The number of nitrogens with two attached hydrogens (primary N) is 1. The molecule has 0 aliphatic carbocycles. The third-order valence-electron chi connectivity index (χ3n) is 12.9. The highest BCUT2D eigenvalue weighted by Gasteiger charge is 2.36. The number of hydrogen-bond acceptors (Lipinski definition) is 19. The van der Waals surface area contributed by atoms with E-state index in [0.717, 1.165) is 0 Å². The summed E-state index contributed by atoms with van der Waals surface area (Å²) in [4.78, 5) is 42.9. The maximum Gasteiger partial charge on any atom is 0.308 e. The number of aliphatic hydroxyl groups excluding tert-OH is 3. The molecule has 3 aromatic heterocycles. The van der Waals surface area contributed by atoms with Crippen molar-refractivity contribution < 1.29 is 66.6 Å². The second-order valence-corrected chi connectivity index (χ2v) is 18.1. The predicted octanol–water partition coefficient (Wildman–Crippen LogP) is 6.15. The van der Waals surface area contributed by atoms with E-state index < -0.39 is 60.8 Å². The number of aliphatic hydroxyl groups is 3. The molecular formula is C48H75N5O14. The number of carbonyl (C=O) groups excluding carboxylic acids is 2. The lowest BCUT2D eigenvalue weighted by Crippen LogP contribution is -2.40. The number of rotatable bonds is 18. The fourth-order valence-electron chi connectivity index (χ4n) is 8.76. The van der Waals surface area contributed by atoms with E-state index in [2.05, 4.69) is 15.0 Å². The average molecular weight is 946 g/mol. The molecule has 1 aliphatic heterocycles. The number of methoxy groups -OCH3 is 4. The third kappa shape index (κ3) is 16.1. The van der Waals surface area contributed by atoms with Gasteiger partial charge in [0.2, 0.25) is 24.1 Å². The summed E-state index contributed by atoms with van der Waals surface area (Å²) >= 11 is 0. The summed E-state index contributed by atoms with van der Waals surface area (Å²) in [5, 5.41) is 31.0. The Morgan fingerprint density at radius 1 is 0.955 bits per heavy atom. The second kappa shape index (κ2) is 27.0. The Morgan fingerprint density at radius 3 is 2.30 bits per heavy atom. The van der Waals surface area contributed by atoms with E-state index in [0.29, 0.717) is 29.9 Å². The van der Waals surface area contributed by atoms with Crippen molar-refractivity contribution in [1.29, 1.82) is 0 Å². The lowest BCUT2D eigenvalue weighted by molar-refractivity contribution is -0.170. The Kier molecular flexibility index (Phi) is 22.3. The van der Waals surface area contributed by atoms with Crippen LogP contribution in [0.1, 0.15) is 104 Å². The Bertz CT molecular complexity index is 1980. The van der Waals surface area contributed by atoms with E-state index >= 15 is 0 Å². The molecule has 14 unspecified atom stereocenters. The third-order valence-corrected chi connectivity index (χ3v) is 12.9. The number of oxazole rings is 3. The van der Waals surface area contributed by atoms with Gasteiger partial charge in [0, 0.05) is 72.0 Å². The van der Waals surface area contributed by atoms with Crippen molar-refractivity contribution >= 4 is 17.8 Å². The molecule has 0 radical (unpaired) electrons. The molecule has 5 N–H and O–H groups in total. The molecular weight excluding hydrogens is 871 g/mol. The molecule has 376 valence electrons. The number of nitrogens with zero attached hydrogens (tertiary/aromatic N) is 4. The number of Topliss-reactive ketones (excluding diaryl/α,β-unsaturated/α-hetero) is 1. The van der Waals surface area contributed by atoms with Gasteiger partial charge < -0.3 is 61.9 Å². The highest BCUT2D eigenvalue weighted by atomic mass is 16.6. The van der Waals surface area contributed by atoms with Gasteiger partial charge in [-0.05, 0) is 49.8 Å². The first-order chi connectivity index (χ1) is 31.9. The number of ether oxygens (including phenoxy) is 6. The van der Waals surface area contributed by atoms with Gasteiger partial charge in [0.1, 0.15) is 49.2 Å². The lowest BCUT2D eigenvalue weighted by Gasteiger charge is -2.34. The van der Waals surface area contributed by atoms with Gasteiger partial charge in [-0.3, -0.25) is 15.3 Å². The number of aromatic nitrogens is 3. The standard InChI is InChI=1S/C48H75N5O14/c1-27-19-33(66-48(49)58)21-43(57)67-41(22-40(60-9)28(2)15-16-37(55)30(4)44(61-10)29(3)17-18-53(7)26-54)32(6)39(59-8)13-12-14-42-50-35(24-63-42)46-52-36(25-65-46)47-51-34(23-64-47)45(62-11)31(5)38(56)20-27/h12,14,17-18,23-25,27-33,38-41,44-45,48,54,56,58H,13,15-16,19-22,26,49H2,1-11H3. The molecule has 0 aromatic carbocycles. The molecule has 3 aromatic rings. The summed E-state index contributed by atoms with van der Waals surface area (Å²) in [6.07, 6.45) is 7.21. The van der Waals surface area contributed by atoms with Crippen LogP contribution in [-0.2, 0) is 38.0 Å². The van der Waals surface area contributed by atoms with Crippen molar-refractivity contribution in [3.05, 3.63) is 48.7 Å². The molecule has 1 aliphatic rings. The molecule has 6 bridgehead atoms. The summed E-state index contributed by atoms with van der Waals surface area (Å²) in [7, 11) is 8.04. The molecule has 0 fully saturated rings. The van der Waals surface area contributed by atoms with Gasteiger partial charge in [-0.2, -0.15) is 0 Å². The first kappa shape index (κ1) is 55.3. The van der Waals surface area contributed by atoms with Gasteiger partial charge in [0.05, 0.1) is 36.9 Å². The number of fused-ring (bicyclic) bond motifs is 8. The van der Waals surface area contributed by atoms with Crippen LogP contribution in [0.3, 0.4) is 0 Å². The maximum absolute atomic E-state index is 14.0. The lowest BCUT2D eigenvalue weighted by atomic mass is 9.84. The van der Waals surface area contributed by atoms with Gasteiger partial charge in [-0.1, -0.05) is 53.7 Å². The zero-order chi connectivity index (χ0) is 49.4. The fraction of sp³-hybridized carbons (Fsp3) is 0.688. The molecule has 0 saturated heterocycles. The maximum atomic E-state index is 14.0. The SMILES string of the molecule is COC(CC1OC(=O)CC(OC(N)O)CC(C)CC(O)C(C)C(OC)c2coc(n2)-c2coc(n2)-c2coc(n2)C=CCC(OC)C1C)C(C)CCC(=O)C(C)C(OC)C(C)C=CN(C)CO. The van der Waals surface area contributed by atoms with Crippen molar-refractivity contribution in [2.45, 2.75) is 136 Å². The monoisotopic (exact) mass is 946 g/mol. The van der Waals surface area contributed by atoms with Crippen LogP contribution in [-0.4, -0.2) is 132 Å². The molecule has 0 spiro atoms. The normalized spacial score (nSPS) is 26.5. The van der Waals surface area contributed by atoms with Gasteiger partial charge in [0.15, 0.2) is 11.4 Å². The fourth-order valence-corrected chi connectivity index (χ4v) is 8.76. The smallest absolute Gasteiger partial charge is 0.308 e. The van der Waals surface area contributed by atoms with Crippen LogP contribution in [0.15, 0.2) is 50.4 Å². The van der Waals surface area contributed by atoms with E-state index in [1.807, 2.05) is 53.7 Å². The number of esters is 1. The van der Waals surface area contributed by atoms with Gasteiger partial charge in [0.25, 0.3) is 0 Å².